The molecule has 0 radical (unpaired) electrons. The molecule has 36 heavy (non-hydrogen) atoms. The van der Waals surface area contributed by atoms with Crippen LogP contribution in [0.15, 0.2) is 24.3 Å². The quantitative estimate of drug-likeness (QED) is 0.129. The van der Waals surface area contributed by atoms with Gasteiger partial charge in [-0.2, -0.15) is 11.8 Å². The smallest absolute Gasteiger partial charge is 0.326 e. The second-order valence-electron chi connectivity index (χ2n) is 8.04. The number of phenolic OH excluding ortho intramolecular Hbond substituents is 1. The summed E-state index contributed by atoms with van der Waals surface area (Å²) in [5.41, 5.74) is 6.44. The number of carbonyl (C=O) groups is 5. The summed E-state index contributed by atoms with van der Waals surface area (Å²) in [4.78, 5) is 60.4. The lowest BCUT2D eigenvalue weighted by Crippen LogP contribution is -2.60. The fourth-order valence-electron chi connectivity index (χ4n) is 3.03. The Bertz CT molecular complexity index is 927. The highest BCUT2D eigenvalue weighted by atomic mass is 32.2. The van der Waals surface area contributed by atoms with E-state index in [-0.39, 0.29) is 12.2 Å². The fourth-order valence-corrected chi connectivity index (χ4v) is 3.52. The second kappa shape index (κ2) is 14.9. The van der Waals surface area contributed by atoms with Crippen molar-refractivity contribution in [1.82, 2.24) is 16.0 Å². The topological polar surface area (TPSA) is 228 Å². The maximum absolute atomic E-state index is 13.1. The predicted molar refractivity (Wildman–Crippen MR) is 130 cm³/mol. The number of carboxylic acids is 2. The number of rotatable bonds is 15. The average molecular weight is 529 g/mol. The highest BCUT2D eigenvalue weighted by Gasteiger charge is 2.33. The predicted octanol–water partition coefficient (Wildman–Crippen LogP) is -1.59. The Hall–Kier alpha value is -3.36. The molecule has 200 valence electrons. The van der Waals surface area contributed by atoms with E-state index in [0.29, 0.717) is 17.7 Å². The molecule has 0 bridgehead atoms. The van der Waals surface area contributed by atoms with Crippen LogP contribution in [-0.4, -0.2) is 92.4 Å². The second-order valence-corrected chi connectivity index (χ2v) is 9.03. The van der Waals surface area contributed by atoms with Crippen LogP contribution >= 0.6 is 11.8 Å². The average Bonchev–Trinajstić information content (AvgIpc) is 2.80. The summed E-state index contributed by atoms with van der Waals surface area (Å²) in [6.45, 7) is 1.17. The number of phenols is 1. The molecule has 0 aliphatic carbocycles. The first-order valence-electron chi connectivity index (χ1n) is 10.9. The van der Waals surface area contributed by atoms with Gasteiger partial charge in [-0.05, 0) is 43.0 Å². The number of thioether (sulfide) groups is 1. The lowest BCUT2D eigenvalue weighted by molar-refractivity contribution is -0.148. The largest absolute Gasteiger partial charge is 0.508 e. The van der Waals surface area contributed by atoms with Gasteiger partial charge in [-0.3, -0.25) is 19.2 Å². The van der Waals surface area contributed by atoms with Gasteiger partial charge in [-0.1, -0.05) is 12.1 Å². The summed E-state index contributed by atoms with van der Waals surface area (Å²) in [7, 11) is 0. The van der Waals surface area contributed by atoms with Gasteiger partial charge in [-0.25, -0.2) is 4.79 Å². The van der Waals surface area contributed by atoms with Gasteiger partial charge in [0.15, 0.2) is 0 Å². The van der Waals surface area contributed by atoms with E-state index in [9.17, 15) is 34.2 Å². The molecular formula is C22H32N4O9S. The number of aromatic hydroxyl groups is 1. The van der Waals surface area contributed by atoms with Crippen molar-refractivity contribution in [2.45, 2.75) is 56.5 Å². The van der Waals surface area contributed by atoms with E-state index in [1.165, 1.54) is 43.0 Å². The van der Waals surface area contributed by atoms with E-state index in [1.807, 2.05) is 11.6 Å². The summed E-state index contributed by atoms with van der Waals surface area (Å²) in [5.74, 6) is -5.11. The molecule has 3 amide bonds. The molecule has 0 saturated heterocycles. The molecule has 0 aliphatic heterocycles. The Labute approximate surface area is 211 Å². The van der Waals surface area contributed by atoms with Crippen molar-refractivity contribution < 1.29 is 44.4 Å². The van der Waals surface area contributed by atoms with Gasteiger partial charge in [-0.15, -0.1) is 0 Å². The summed E-state index contributed by atoms with van der Waals surface area (Å²) in [6, 6.07) is 0.220. The van der Waals surface area contributed by atoms with Crippen molar-refractivity contribution in [1.29, 1.82) is 0 Å². The molecule has 0 fully saturated rings. The molecule has 0 heterocycles. The summed E-state index contributed by atoms with van der Waals surface area (Å²) in [5, 5.41) is 44.3. The number of amides is 3. The number of hydrogen-bond donors (Lipinski definition) is 8. The van der Waals surface area contributed by atoms with Crippen molar-refractivity contribution in [3.05, 3.63) is 29.8 Å². The minimum Gasteiger partial charge on any atom is -0.508 e. The lowest BCUT2D eigenvalue weighted by Gasteiger charge is -2.26. The minimum absolute atomic E-state index is 0.0111. The number of nitrogens with two attached hydrogens (primary N) is 1. The third-order valence-corrected chi connectivity index (χ3v) is 5.68. The Morgan fingerprint density at radius 2 is 1.53 bits per heavy atom. The summed E-state index contributed by atoms with van der Waals surface area (Å²) in [6.07, 6.45) is -0.285. The van der Waals surface area contributed by atoms with Crippen molar-refractivity contribution in [2.24, 2.45) is 5.73 Å². The van der Waals surface area contributed by atoms with Gasteiger partial charge in [0, 0.05) is 6.42 Å². The van der Waals surface area contributed by atoms with Gasteiger partial charge in [0.05, 0.1) is 18.6 Å². The van der Waals surface area contributed by atoms with E-state index >= 15 is 0 Å². The Balaban J connectivity index is 3.09. The molecule has 0 saturated carbocycles. The van der Waals surface area contributed by atoms with Gasteiger partial charge >= 0.3 is 11.9 Å². The van der Waals surface area contributed by atoms with Crippen LogP contribution in [0, 0.1) is 0 Å². The zero-order valence-electron chi connectivity index (χ0n) is 19.8. The minimum atomic E-state index is -1.80. The molecule has 1 aromatic rings. The fraction of sp³-hybridized carbons (Fsp3) is 0.500. The molecule has 13 nitrogen and oxygen atoms in total. The zero-order chi connectivity index (χ0) is 27.4. The molecule has 14 heteroatoms. The van der Waals surface area contributed by atoms with E-state index < -0.39 is 66.4 Å². The lowest BCUT2D eigenvalue weighted by atomic mass is 10.0. The van der Waals surface area contributed by atoms with E-state index in [0.717, 1.165) is 0 Å². The van der Waals surface area contributed by atoms with Gasteiger partial charge in [0.1, 0.15) is 23.9 Å². The molecule has 0 aromatic heterocycles. The van der Waals surface area contributed by atoms with E-state index in [1.54, 1.807) is 0 Å². The highest BCUT2D eigenvalue weighted by molar-refractivity contribution is 7.98. The number of carbonyl (C=O) groups excluding carboxylic acids is 3. The molecule has 1 aromatic carbocycles. The summed E-state index contributed by atoms with van der Waals surface area (Å²) >= 11 is 1.49. The van der Waals surface area contributed by atoms with Crippen LogP contribution in [0.3, 0.4) is 0 Å². The molecule has 0 spiro atoms. The zero-order valence-corrected chi connectivity index (χ0v) is 20.7. The molecule has 5 atom stereocenters. The van der Waals surface area contributed by atoms with E-state index in [2.05, 4.69) is 10.6 Å². The normalized spacial score (nSPS) is 15.0. The third-order valence-electron chi connectivity index (χ3n) is 5.03. The van der Waals surface area contributed by atoms with Crippen molar-refractivity contribution >= 4 is 41.4 Å². The number of aliphatic carboxylic acids is 2. The van der Waals surface area contributed by atoms with E-state index in [4.69, 9.17) is 15.9 Å². The molecule has 5 unspecified atom stereocenters. The van der Waals surface area contributed by atoms with Crippen LogP contribution in [0.5, 0.6) is 5.75 Å². The maximum Gasteiger partial charge on any atom is 0.326 e. The monoisotopic (exact) mass is 528 g/mol. The van der Waals surface area contributed by atoms with Crippen LogP contribution in [0.25, 0.3) is 0 Å². The van der Waals surface area contributed by atoms with Crippen molar-refractivity contribution in [2.75, 3.05) is 12.0 Å². The summed E-state index contributed by atoms with van der Waals surface area (Å²) < 4.78 is 0. The number of aliphatic hydroxyl groups excluding tert-OH is 1. The van der Waals surface area contributed by atoms with Crippen LogP contribution in [0.2, 0.25) is 0 Å². The standard InChI is InChI=1S/C22H32N4O9S/c1-11(27)18(21(33)25-16(22(34)35)10-17(29)30)26-20(32)15(9-12-3-5-13(28)6-4-12)24-19(31)14(23)7-8-36-2/h3-6,11,14-16,18,27-28H,7-10,23H2,1-2H3,(H,24,31)(H,25,33)(H,26,32)(H,29,30)(H,34,35). The van der Waals surface area contributed by atoms with Crippen LogP contribution in [-0.2, 0) is 30.4 Å². The SMILES string of the molecule is CSCCC(N)C(=O)NC(Cc1ccc(O)cc1)C(=O)NC(C(=O)NC(CC(=O)O)C(=O)O)C(C)O. The first-order chi connectivity index (χ1) is 16.8. The third kappa shape index (κ3) is 10.5. The number of nitrogens with one attached hydrogen (secondary N) is 3. The number of benzene rings is 1. The number of aliphatic hydroxyl groups is 1. The van der Waals surface area contributed by atoms with Crippen LogP contribution in [0.1, 0.15) is 25.3 Å². The first kappa shape index (κ1) is 30.7. The van der Waals surface area contributed by atoms with Crippen LogP contribution in [0.4, 0.5) is 0 Å². The van der Waals surface area contributed by atoms with Crippen molar-refractivity contribution in [3.8, 4) is 5.75 Å². The van der Waals surface area contributed by atoms with Crippen molar-refractivity contribution in [3.63, 3.8) is 0 Å². The maximum atomic E-state index is 13.1. The number of carboxylic acid groups (broad SMARTS) is 2. The van der Waals surface area contributed by atoms with Gasteiger partial charge in [0.25, 0.3) is 0 Å². The van der Waals surface area contributed by atoms with Gasteiger partial charge < -0.3 is 42.1 Å². The Kier molecular flexibility index (Phi) is 12.7. The molecule has 0 aliphatic rings. The Morgan fingerprint density at radius 3 is 2.03 bits per heavy atom. The highest BCUT2D eigenvalue weighted by Crippen LogP contribution is 2.12. The Morgan fingerprint density at radius 1 is 0.944 bits per heavy atom. The van der Waals surface area contributed by atoms with Crippen LogP contribution < -0.4 is 21.7 Å². The molecule has 9 N–H and O–H groups in total. The molecular weight excluding hydrogens is 496 g/mol. The first-order valence-corrected chi connectivity index (χ1v) is 12.3. The molecule has 1 rings (SSSR count). The number of hydrogen-bond acceptors (Lipinski definition) is 9. The van der Waals surface area contributed by atoms with Gasteiger partial charge in [0.2, 0.25) is 17.7 Å².